The minimum atomic E-state index is -0.296. The number of nitrogens with one attached hydrogen (secondary N) is 1. The van der Waals surface area contributed by atoms with E-state index in [2.05, 4.69) is 5.32 Å². The van der Waals surface area contributed by atoms with Crippen LogP contribution in [-0.4, -0.2) is 13.1 Å². The predicted octanol–water partition coefficient (Wildman–Crippen LogP) is 2.90. The Bertz CT molecular complexity index is 347. The Labute approximate surface area is 112 Å². The van der Waals surface area contributed by atoms with Crippen LogP contribution in [0, 0.1) is 11.7 Å². The molecule has 2 nitrogen and oxygen atoms in total. The lowest BCUT2D eigenvalue weighted by Crippen LogP contribution is -2.34. The van der Waals surface area contributed by atoms with Crippen molar-refractivity contribution in [1.82, 2.24) is 5.32 Å². The van der Waals surface area contributed by atoms with Crippen LogP contribution in [-0.2, 0) is 0 Å². The minimum absolute atomic E-state index is 0. The molecule has 5 heteroatoms. The molecule has 0 amide bonds. The van der Waals surface area contributed by atoms with Crippen molar-refractivity contribution >= 4 is 24.0 Å². The van der Waals surface area contributed by atoms with Gasteiger partial charge in [-0.2, -0.15) is 0 Å². The van der Waals surface area contributed by atoms with Gasteiger partial charge in [0.1, 0.15) is 5.82 Å². The number of rotatable bonds is 2. The van der Waals surface area contributed by atoms with Gasteiger partial charge in [-0.3, -0.25) is 0 Å². The molecule has 96 valence electrons. The van der Waals surface area contributed by atoms with E-state index in [9.17, 15) is 4.39 Å². The zero-order valence-electron chi connectivity index (χ0n) is 9.46. The van der Waals surface area contributed by atoms with Crippen LogP contribution in [0.25, 0.3) is 0 Å². The average molecular weight is 279 g/mol. The van der Waals surface area contributed by atoms with Crippen LogP contribution in [0.15, 0.2) is 18.2 Å². The van der Waals surface area contributed by atoms with Crippen LogP contribution in [0.4, 0.5) is 4.39 Å². The highest BCUT2D eigenvalue weighted by Crippen LogP contribution is 2.32. The summed E-state index contributed by atoms with van der Waals surface area (Å²) in [4.78, 5) is 0. The van der Waals surface area contributed by atoms with Crippen molar-refractivity contribution in [2.45, 2.75) is 18.9 Å². The molecule has 0 radical (unpaired) electrons. The van der Waals surface area contributed by atoms with E-state index in [1.54, 1.807) is 12.1 Å². The maximum Gasteiger partial charge on any atom is 0.129 e. The molecule has 1 saturated heterocycles. The number of benzene rings is 1. The van der Waals surface area contributed by atoms with Crippen molar-refractivity contribution in [3.63, 3.8) is 0 Å². The van der Waals surface area contributed by atoms with Gasteiger partial charge in [-0.1, -0.05) is 17.7 Å². The SMILES string of the molecule is Cl.N[C@@H](c1c(F)cccc1Cl)C1CCNCC1. The van der Waals surface area contributed by atoms with E-state index in [1.807, 2.05) is 0 Å². The summed E-state index contributed by atoms with van der Waals surface area (Å²) in [6.07, 6.45) is 1.96. The number of hydrogen-bond donors (Lipinski definition) is 2. The Morgan fingerprint density at radius 2 is 2.00 bits per heavy atom. The summed E-state index contributed by atoms with van der Waals surface area (Å²) >= 11 is 6.01. The fourth-order valence-corrected chi connectivity index (χ4v) is 2.56. The molecule has 2 rings (SSSR count). The smallest absolute Gasteiger partial charge is 0.129 e. The third-order valence-electron chi connectivity index (χ3n) is 3.22. The van der Waals surface area contributed by atoms with Crippen LogP contribution in [0.2, 0.25) is 5.02 Å². The van der Waals surface area contributed by atoms with E-state index in [0.29, 0.717) is 16.5 Å². The van der Waals surface area contributed by atoms with Crippen LogP contribution < -0.4 is 11.1 Å². The molecule has 0 unspecified atom stereocenters. The van der Waals surface area contributed by atoms with E-state index in [-0.39, 0.29) is 24.3 Å². The van der Waals surface area contributed by atoms with Gasteiger partial charge in [0.15, 0.2) is 0 Å². The summed E-state index contributed by atoms with van der Waals surface area (Å²) in [7, 11) is 0. The Morgan fingerprint density at radius 3 is 2.59 bits per heavy atom. The summed E-state index contributed by atoms with van der Waals surface area (Å²) < 4.78 is 13.7. The summed E-state index contributed by atoms with van der Waals surface area (Å²) in [6, 6.07) is 4.43. The number of piperidine rings is 1. The molecule has 1 atom stereocenters. The van der Waals surface area contributed by atoms with Gasteiger partial charge in [0.25, 0.3) is 0 Å². The molecular weight excluding hydrogens is 262 g/mol. The normalized spacial score (nSPS) is 18.5. The first-order valence-corrected chi connectivity index (χ1v) is 5.98. The average Bonchev–Trinajstić information content (AvgIpc) is 2.30. The first-order valence-electron chi connectivity index (χ1n) is 5.60. The molecule has 0 saturated carbocycles. The van der Waals surface area contributed by atoms with E-state index < -0.39 is 0 Å². The Balaban J connectivity index is 0.00000144. The van der Waals surface area contributed by atoms with Gasteiger partial charge in [0.05, 0.1) is 0 Å². The molecule has 1 aliphatic rings. The third kappa shape index (κ3) is 3.32. The van der Waals surface area contributed by atoms with Crippen LogP contribution in [0.3, 0.4) is 0 Å². The fraction of sp³-hybridized carbons (Fsp3) is 0.500. The first-order chi connectivity index (χ1) is 7.70. The number of nitrogens with two attached hydrogens (primary N) is 1. The van der Waals surface area contributed by atoms with Gasteiger partial charge >= 0.3 is 0 Å². The molecule has 1 heterocycles. The van der Waals surface area contributed by atoms with Crippen molar-refractivity contribution in [3.05, 3.63) is 34.6 Å². The third-order valence-corrected chi connectivity index (χ3v) is 3.55. The van der Waals surface area contributed by atoms with Crippen molar-refractivity contribution in [2.24, 2.45) is 11.7 Å². The van der Waals surface area contributed by atoms with E-state index in [0.717, 1.165) is 25.9 Å². The Hall–Kier alpha value is -0.350. The highest BCUT2D eigenvalue weighted by Gasteiger charge is 2.25. The molecule has 0 spiro atoms. The zero-order chi connectivity index (χ0) is 11.5. The lowest BCUT2D eigenvalue weighted by molar-refractivity contribution is 0.317. The molecule has 0 aromatic heterocycles. The topological polar surface area (TPSA) is 38.0 Å². The molecule has 17 heavy (non-hydrogen) atoms. The van der Waals surface area contributed by atoms with Gasteiger partial charge < -0.3 is 11.1 Å². The molecule has 0 bridgehead atoms. The summed E-state index contributed by atoms with van der Waals surface area (Å²) in [6.45, 7) is 1.90. The molecule has 1 fully saturated rings. The van der Waals surface area contributed by atoms with Gasteiger partial charge in [0, 0.05) is 16.6 Å². The molecular formula is C12H17Cl2FN2. The second-order valence-electron chi connectivity index (χ2n) is 4.25. The monoisotopic (exact) mass is 278 g/mol. The van der Waals surface area contributed by atoms with Crippen molar-refractivity contribution in [3.8, 4) is 0 Å². The van der Waals surface area contributed by atoms with E-state index in [4.69, 9.17) is 17.3 Å². The lowest BCUT2D eigenvalue weighted by atomic mass is 9.86. The van der Waals surface area contributed by atoms with Gasteiger partial charge in [-0.25, -0.2) is 4.39 Å². The molecule has 1 aromatic rings. The summed E-state index contributed by atoms with van der Waals surface area (Å²) in [5.74, 6) is 0.0224. The van der Waals surface area contributed by atoms with Crippen LogP contribution in [0.5, 0.6) is 0 Å². The van der Waals surface area contributed by atoms with Gasteiger partial charge in [-0.15, -0.1) is 12.4 Å². The number of halogens is 3. The Kier molecular flexibility index (Phi) is 5.67. The summed E-state index contributed by atoms with van der Waals surface area (Å²) in [5.41, 5.74) is 6.59. The van der Waals surface area contributed by atoms with E-state index in [1.165, 1.54) is 6.07 Å². The Morgan fingerprint density at radius 1 is 1.35 bits per heavy atom. The second kappa shape index (κ2) is 6.55. The van der Waals surface area contributed by atoms with Crippen molar-refractivity contribution in [1.29, 1.82) is 0 Å². The minimum Gasteiger partial charge on any atom is -0.324 e. The highest BCUT2D eigenvalue weighted by molar-refractivity contribution is 6.31. The summed E-state index contributed by atoms with van der Waals surface area (Å²) in [5, 5.41) is 3.70. The quantitative estimate of drug-likeness (QED) is 0.873. The van der Waals surface area contributed by atoms with Crippen molar-refractivity contribution < 1.29 is 4.39 Å². The zero-order valence-corrected chi connectivity index (χ0v) is 11.0. The predicted molar refractivity (Wildman–Crippen MR) is 71.2 cm³/mol. The lowest BCUT2D eigenvalue weighted by Gasteiger charge is -2.29. The standard InChI is InChI=1S/C12H16ClFN2.ClH/c13-9-2-1-3-10(14)11(9)12(15)8-4-6-16-7-5-8;/h1-3,8,12,16H,4-7,15H2;1H/t12-;/m1./s1. The van der Waals surface area contributed by atoms with Crippen LogP contribution >= 0.6 is 24.0 Å². The maximum absolute atomic E-state index is 13.7. The maximum atomic E-state index is 13.7. The number of hydrogen-bond acceptors (Lipinski definition) is 2. The van der Waals surface area contributed by atoms with Gasteiger partial charge in [-0.05, 0) is 44.0 Å². The first kappa shape index (κ1) is 14.7. The van der Waals surface area contributed by atoms with Gasteiger partial charge in [0.2, 0.25) is 0 Å². The molecule has 1 aliphatic heterocycles. The van der Waals surface area contributed by atoms with Crippen LogP contribution in [0.1, 0.15) is 24.4 Å². The second-order valence-corrected chi connectivity index (χ2v) is 4.66. The fourth-order valence-electron chi connectivity index (χ4n) is 2.27. The molecule has 3 N–H and O–H groups in total. The van der Waals surface area contributed by atoms with E-state index >= 15 is 0 Å². The molecule has 1 aromatic carbocycles. The molecule has 0 aliphatic carbocycles. The highest BCUT2D eigenvalue weighted by atomic mass is 35.5. The van der Waals surface area contributed by atoms with Crippen molar-refractivity contribution in [2.75, 3.05) is 13.1 Å². The largest absolute Gasteiger partial charge is 0.324 e.